The maximum Gasteiger partial charge on any atom is 0.234 e. The number of nitrogens with zero attached hydrogens (tertiary/aromatic N) is 3. The molecule has 0 unspecified atom stereocenters. The van der Waals surface area contributed by atoms with Gasteiger partial charge in [-0.1, -0.05) is 41.3 Å². The lowest BCUT2D eigenvalue weighted by Crippen LogP contribution is -2.14. The Morgan fingerprint density at radius 3 is 2.96 bits per heavy atom. The SMILES string of the molecule is Cc1ccc(NC(=O)CSc2nnc3sc4ccccc4n23)c(Br)c1. The maximum atomic E-state index is 12.3. The number of hydrogen-bond acceptors (Lipinski definition) is 5. The number of amides is 1. The second-order valence-electron chi connectivity index (χ2n) is 5.49. The lowest BCUT2D eigenvalue weighted by molar-refractivity contribution is -0.113. The van der Waals surface area contributed by atoms with Gasteiger partial charge in [-0.25, -0.2) is 0 Å². The van der Waals surface area contributed by atoms with E-state index < -0.39 is 0 Å². The van der Waals surface area contributed by atoms with Crippen molar-refractivity contribution in [2.45, 2.75) is 12.1 Å². The van der Waals surface area contributed by atoms with E-state index in [1.807, 2.05) is 47.7 Å². The van der Waals surface area contributed by atoms with E-state index >= 15 is 0 Å². The van der Waals surface area contributed by atoms with Crippen LogP contribution in [0.15, 0.2) is 52.1 Å². The minimum atomic E-state index is -0.0779. The van der Waals surface area contributed by atoms with Crippen LogP contribution in [-0.4, -0.2) is 26.3 Å². The molecule has 0 bridgehead atoms. The predicted molar refractivity (Wildman–Crippen MR) is 107 cm³/mol. The average molecular weight is 433 g/mol. The molecule has 0 radical (unpaired) electrons. The Bertz CT molecular complexity index is 1090. The summed E-state index contributed by atoms with van der Waals surface area (Å²) >= 11 is 6.45. The fourth-order valence-electron chi connectivity index (χ4n) is 2.49. The van der Waals surface area contributed by atoms with E-state index in [9.17, 15) is 4.79 Å². The summed E-state index contributed by atoms with van der Waals surface area (Å²) in [4.78, 5) is 13.1. The molecule has 4 aromatic rings. The third-order valence-corrected chi connectivity index (χ3v) is 6.24. The third kappa shape index (κ3) is 3.29. The average Bonchev–Trinajstić information content (AvgIpc) is 3.15. The number of thiazole rings is 1. The molecule has 0 aliphatic carbocycles. The first-order chi connectivity index (χ1) is 12.1. The van der Waals surface area contributed by atoms with Crippen molar-refractivity contribution in [3.63, 3.8) is 0 Å². The lowest BCUT2D eigenvalue weighted by atomic mass is 10.2. The van der Waals surface area contributed by atoms with Gasteiger partial charge in [0.05, 0.1) is 21.7 Å². The van der Waals surface area contributed by atoms with Crippen LogP contribution < -0.4 is 5.32 Å². The van der Waals surface area contributed by atoms with Gasteiger partial charge in [0.15, 0.2) is 5.16 Å². The second-order valence-corrected chi connectivity index (χ2v) is 8.30. The Hall–Kier alpha value is -1.90. The maximum absolute atomic E-state index is 12.3. The van der Waals surface area contributed by atoms with Gasteiger partial charge >= 0.3 is 0 Å². The number of halogens is 1. The van der Waals surface area contributed by atoms with Crippen molar-refractivity contribution in [1.82, 2.24) is 14.6 Å². The van der Waals surface area contributed by atoms with Crippen LogP contribution in [0.25, 0.3) is 15.2 Å². The van der Waals surface area contributed by atoms with Crippen LogP contribution in [0.2, 0.25) is 0 Å². The van der Waals surface area contributed by atoms with E-state index in [4.69, 9.17) is 0 Å². The molecule has 25 heavy (non-hydrogen) atoms. The molecule has 0 fully saturated rings. The van der Waals surface area contributed by atoms with Crippen molar-refractivity contribution in [1.29, 1.82) is 0 Å². The molecule has 8 heteroatoms. The van der Waals surface area contributed by atoms with Crippen molar-refractivity contribution in [2.75, 3.05) is 11.1 Å². The molecule has 126 valence electrons. The van der Waals surface area contributed by atoms with E-state index in [2.05, 4.69) is 37.5 Å². The molecular formula is C17H13BrN4OS2. The van der Waals surface area contributed by atoms with E-state index in [0.29, 0.717) is 0 Å². The van der Waals surface area contributed by atoms with Gasteiger partial charge in [0, 0.05) is 4.47 Å². The summed E-state index contributed by atoms with van der Waals surface area (Å²) in [7, 11) is 0. The Labute approximate surface area is 160 Å². The summed E-state index contributed by atoms with van der Waals surface area (Å²) < 4.78 is 4.03. The van der Waals surface area contributed by atoms with E-state index in [1.165, 1.54) is 11.8 Å². The quantitative estimate of drug-likeness (QED) is 0.472. The Morgan fingerprint density at radius 2 is 2.12 bits per heavy atom. The topological polar surface area (TPSA) is 59.3 Å². The minimum Gasteiger partial charge on any atom is -0.324 e. The number of thioether (sulfide) groups is 1. The Kier molecular flexibility index (Phi) is 4.49. The molecule has 0 spiro atoms. The molecule has 0 aliphatic heterocycles. The lowest BCUT2D eigenvalue weighted by Gasteiger charge is -2.07. The summed E-state index contributed by atoms with van der Waals surface area (Å²) in [5.74, 6) is 0.191. The minimum absolute atomic E-state index is 0.0779. The standard InChI is InChI=1S/C17H13BrN4OS2/c1-10-6-7-12(11(18)8-10)19-15(23)9-24-16-20-21-17-22(16)13-4-2-3-5-14(13)25-17/h2-8H,9H2,1H3,(H,19,23). The first kappa shape index (κ1) is 16.6. The number of aromatic nitrogens is 3. The Morgan fingerprint density at radius 1 is 1.28 bits per heavy atom. The molecule has 2 aromatic carbocycles. The Balaban J connectivity index is 1.51. The fourth-order valence-corrected chi connectivity index (χ4v) is 4.85. The highest BCUT2D eigenvalue weighted by atomic mass is 79.9. The number of nitrogens with one attached hydrogen (secondary N) is 1. The highest BCUT2D eigenvalue weighted by molar-refractivity contribution is 9.10. The fraction of sp³-hybridized carbons (Fsp3) is 0.118. The number of para-hydroxylation sites is 1. The van der Waals surface area contributed by atoms with Crippen LogP contribution in [0, 0.1) is 6.92 Å². The number of carbonyl (C=O) groups is 1. The van der Waals surface area contributed by atoms with Crippen LogP contribution in [0.3, 0.4) is 0 Å². The van der Waals surface area contributed by atoms with Gasteiger partial charge in [-0.15, -0.1) is 10.2 Å². The van der Waals surface area contributed by atoms with Crippen LogP contribution in [-0.2, 0) is 4.79 Å². The van der Waals surface area contributed by atoms with Crippen LogP contribution in [0.4, 0.5) is 5.69 Å². The molecule has 4 rings (SSSR count). The molecule has 1 N–H and O–H groups in total. The van der Waals surface area contributed by atoms with Gasteiger partial charge in [-0.05, 0) is 52.7 Å². The molecule has 2 aromatic heterocycles. The molecule has 1 amide bonds. The molecule has 2 heterocycles. The molecule has 0 saturated heterocycles. The van der Waals surface area contributed by atoms with Crippen LogP contribution >= 0.6 is 39.0 Å². The van der Waals surface area contributed by atoms with Gasteiger partial charge in [-0.2, -0.15) is 0 Å². The monoisotopic (exact) mass is 432 g/mol. The zero-order valence-corrected chi connectivity index (χ0v) is 16.4. The largest absolute Gasteiger partial charge is 0.324 e. The first-order valence-electron chi connectivity index (χ1n) is 7.53. The van der Waals surface area contributed by atoms with Crippen LogP contribution in [0.5, 0.6) is 0 Å². The number of anilines is 1. The molecular weight excluding hydrogens is 420 g/mol. The summed E-state index contributed by atoms with van der Waals surface area (Å²) in [5.41, 5.74) is 2.97. The third-order valence-electron chi connectivity index (χ3n) is 3.64. The molecule has 5 nitrogen and oxygen atoms in total. The van der Waals surface area contributed by atoms with Gasteiger partial charge in [-0.3, -0.25) is 9.20 Å². The highest BCUT2D eigenvalue weighted by Gasteiger charge is 2.14. The van der Waals surface area contributed by atoms with E-state index in [1.54, 1.807) is 11.3 Å². The number of carbonyl (C=O) groups excluding carboxylic acids is 1. The summed E-state index contributed by atoms with van der Waals surface area (Å²) in [5, 5.41) is 12.1. The molecule has 0 atom stereocenters. The zero-order chi connectivity index (χ0) is 17.4. The van der Waals surface area contributed by atoms with Crippen molar-refractivity contribution >= 4 is 65.8 Å². The first-order valence-corrected chi connectivity index (χ1v) is 10.1. The summed E-state index contributed by atoms with van der Waals surface area (Å²) in [6.07, 6.45) is 0. The number of benzene rings is 2. The normalized spacial score (nSPS) is 11.3. The highest BCUT2D eigenvalue weighted by Crippen LogP contribution is 2.29. The second kappa shape index (κ2) is 6.78. The van der Waals surface area contributed by atoms with Crippen molar-refractivity contribution in [2.24, 2.45) is 0 Å². The summed E-state index contributed by atoms with van der Waals surface area (Å²) in [6, 6.07) is 13.9. The van der Waals surface area contributed by atoms with Crippen molar-refractivity contribution < 1.29 is 4.79 Å². The number of aryl methyl sites for hydroxylation is 1. The zero-order valence-electron chi connectivity index (χ0n) is 13.2. The van der Waals surface area contributed by atoms with Gasteiger partial charge in [0.25, 0.3) is 0 Å². The van der Waals surface area contributed by atoms with Gasteiger partial charge in [0.1, 0.15) is 0 Å². The number of rotatable bonds is 4. The van der Waals surface area contributed by atoms with Gasteiger partial charge in [0.2, 0.25) is 10.9 Å². The van der Waals surface area contributed by atoms with E-state index in [0.717, 1.165) is 36.1 Å². The number of fused-ring (bicyclic) bond motifs is 3. The molecule has 0 saturated carbocycles. The number of hydrogen-bond donors (Lipinski definition) is 1. The van der Waals surface area contributed by atoms with E-state index in [-0.39, 0.29) is 11.7 Å². The van der Waals surface area contributed by atoms with Crippen molar-refractivity contribution in [3.05, 3.63) is 52.5 Å². The summed E-state index contributed by atoms with van der Waals surface area (Å²) in [6.45, 7) is 2.01. The molecule has 0 aliphatic rings. The van der Waals surface area contributed by atoms with Crippen LogP contribution in [0.1, 0.15) is 5.56 Å². The van der Waals surface area contributed by atoms with Gasteiger partial charge < -0.3 is 5.32 Å². The smallest absolute Gasteiger partial charge is 0.234 e. The predicted octanol–water partition coefficient (Wildman–Crippen LogP) is 4.75. The van der Waals surface area contributed by atoms with Crippen molar-refractivity contribution in [3.8, 4) is 0 Å².